The van der Waals surface area contributed by atoms with Crippen LogP contribution in [-0.4, -0.2) is 22.3 Å². The van der Waals surface area contributed by atoms with Gasteiger partial charge in [0.2, 0.25) is 5.91 Å². The van der Waals surface area contributed by atoms with Crippen molar-refractivity contribution in [3.8, 4) is 0 Å². The predicted molar refractivity (Wildman–Crippen MR) is 58.4 cm³/mol. The minimum absolute atomic E-state index is 0.169. The van der Waals surface area contributed by atoms with Crippen LogP contribution in [0, 0.1) is 5.92 Å². The Hall–Kier alpha value is -1.09. The first-order valence-corrected chi connectivity index (χ1v) is 5.44. The summed E-state index contributed by atoms with van der Waals surface area (Å²) in [5.41, 5.74) is 1.04. The van der Waals surface area contributed by atoms with Crippen LogP contribution in [0.4, 0.5) is 0 Å². The van der Waals surface area contributed by atoms with Crippen molar-refractivity contribution < 1.29 is 4.79 Å². The molecule has 2 rings (SSSR count). The van der Waals surface area contributed by atoms with Gasteiger partial charge in [0, 0.05) is 25.2 Å². The van der Waals surface area contributed by atoms with Gasteiger partial charge < -0.3 is 4.90 Å². The second-order valence-electron chi connectivity index (χ2n) is 3.94. The molecule has 0 spiro atoms. The Morgan fingerprint density at radius 2 is 2.47 bits per heavy atom. The van der Waals surface area contributed by atoms with E-state index in [4.69, 9.17) is 11.6 Å². The van der Waals surface area contributed by atoms with Gasteiger partial charge >= 0.3 is 0 Å². The van der Waals surface area contributed by atoms with Gasteiger partial charge in [-0.25, -0.2) is 4.98 Å². The van der Waals surface area contributed by atoms with E-state index in [1.165, 1.54) is 0 Å². The molecule has 0 radical (unpaired) electrons. The van der Waals surface area contributed by atoms with Gasteiger partial charge in [0.05, 0.1) is 0 Å². The number of rotatable bonds is 2. The number of amides is 1. The van der Waals surface area contributed by atoms with Crippen molar-refractivity contribution in [1.82, 2.24) is 9.88 Å². The van der Waals surface area contributed by atoms with Crippen molar-refractivity contribution in [3.05, 3.63) is 29.0 Å². The Kier molecular flexibility index (Phi) is 2.91. The normalized spacial score (nSPS) is 21.1. The lowest BCUT2D eigenvalue weighted by Crippen LogP contribution is -2.26. The summed E-state index contributed by atoms with van der Waals surface area (Å²) in [5, 5.41) is 0.479. The Labute approximate surface area is 94.1 Å². The minimum atomic E-state index is 0.169. The zero-order valence-electron chi connectivity index (χ0n) is 8.61. The number of carbonyl (C=O) groups is 1. The van der Waals surface area contributed by atoms with E-state index in [2.05, 4.69) is 4.98 Å². The van der Waals surface area contributed by atoms with Gasteiger partial charge in [0.15, 0.2) is 0 Å². The molecule has 0 saturated carbocycles. The first-order valence-electron chi connectivity index (χ1n) is 5.06. The molecule has 3 nitrogen and oxygen atoms in total. The monoisotopic (exact) mass is 224 g/mol. The van der Waals surface area contributed by atoms with Crippen LogP contribution in [0.15, 0.2) is 18.3 Å². The van der Waals surface area contributed by atoms with E-state index in [0.717, 1.165) is 18.5 Å². The van der Waals surface area contributed by atoms with Crippen LogP contribution in [0.3, 0.4) is 0 Å². The van der Waals surface area contributed by atoms with Gasteiger partial charge in [-0.15, -0.1) is 0 Å². The molecule has 4 heteroatoms. The Morgan fingerprint density at radius 1 is 1.67 bits per heavy atom. The molecule has 1 aromatic heterocycles. The summed E-state index contributed by atoms with van der Waals surface area (Å²) < 4.78 is 0. The van der Waals surface area contributed by atoms with Crippen molar-refractivity contribution >= 4 is 17.5 Å². The zero-order chi connectivity index (χ0) is 10.8. The predicted octanol–water partition coefficient (Wildman–Crippen LogP) is 2.10. The Bertz CT molecular complexity index is 381. The second-order valence-corrected chi connectivity index (χ2v) is 4.32. The highest BCUT2D eigenvalue weighted by atomic mass is 35.5. The van der Waals surface area contributed by atoms with E-state index in [0.29, 0.717) is 11.7 Å². The maximum Gasteiger partial charge on any atom is 0.225 e. The van der Waals surface area contributed by atoms with Crippen LogP contribution >= 0.6 is 11.6 Å². The van der Waals surface area contributed by atoms with Gasteiger partial charge in [-0.3, -0.25) is 4.79 Å². The van der Waals surface area contributed by atoms with E-state index in [9.17, 15) is 4.79 Å². The van der Waals surface area contributed by atoms with Crippen LogP contribution in [-0.2, 0) is 11.3 Å². The van der Waals surface area contributed by atoms with Crippen LogP contribution in [0.5, 0.6) is 0 Å². The van der Waals surface area contributed by atoms with E-state index in [1.807, 2.05) is 17.9 Å². The van der Waals surface area contributed by atoms with Crippen LogP contribution in [0.1, 0.15) is 18.9 Å². The van der Waals surface area contributed by atoms with E-state index < -0.39 is 0 Å². The number of hydrogen-bond acceptors (Lipinski definition) is 2. The highest BCUT2D eigenvalue weighted by molar-refractivity contribution is 6.29. The van der Waals surface area contributed by atoms with Crippen LogP contribution in [0.25, 0.3) is 0 Å². The van der Waals surface area contributed by atoms with Crippen LogP contribution < -0.4 is 0 Å². The maximum atomic E-state index is 11.7. The fourth-order valence-corrected chi connectivity index (χ4v) is 2.01. The summed E-state index contributed by atoms with van der Waals surface area (Å²) in [6.07, 6.45) is 2.62. The van der Waals surface area contributed by atoms with E-state index in [1.54, 1.807) is 12.3 Å². The number of nitrogens with zero attached hydrogens (tertiary/aromatic N) is 2. The Balaban J connectivity index is 2.06. The van der Waals surface area contributed by atoms with Crippen molar-refractivity contribution in [3.63, 3.8) is 0 Å². The molecule has 1 aliphatic rings. The summed E-state index contributed by atoms with van der Waals surface area (Å²) in [6, 6.07) is 3.69. The summed E-state index contributed by atoms with van der Waals surface area (Å²) in [6.45, 7) is 3.47. The number of carbonyl (C=O) groups excluding carboxylic acids is 1. The Morgan fingerprint density at radius 3 is 3.07 bits per heavy atom. The molecule has 1 atom stereocenters. The van der Waals surface area contributed by atoms with Gasteiger partial charge in [0.25, 0.3) is 0 Å². The smallest absolute Gasteiger partial charge is 0.225 e. The number of aromatic nitrogens is 1. The lowest BCUT2D eigenvalue weighted by atomic mass is 10.1. The van der Waals surface area contributed by atoms with Crippen molar-refractivity contribution in [2.24, 2.45) is 5.92 Å². The standard InChI is InChI=1S/C11H13ClN2O/c1-8-3-5-14(11(8)15)7-9-2-4-13-10(12)6-9/h2,4,6,8H,3,5,7H2,1H3. The molecule has 15 heavy (non-hydrogen) atoms. The molecule has 0 bridgehead atoms. The second kappa shape index (κ2) is 4.19. The molecule has 1 aromatic rings. The molecule has 1 fully saturated rings. The molecular formula is C11H13ClN2O. The van der Waals surface area contributed by atoms with Crippen molar-refractivity contribution in [2.45, 2.75) is 19.9 Å². The molecule has 2 heterocycles. The zero-order valence-corrected chi connectivity index (χ0v) is 9.37. The third-order valence-electron chi connectivity index (χ3n) is 2.73. The molecule has 1 unspecified atom stereocenters. The summed E-state index contributed by atoms with van der Waals surface area (Å²) in [5.74, 6) is 0.408. The van der Waals surface area contributed by atoms with E-state index in [-0.39, 0.29) is 11.8 Å². The molecule has 0 N–H and O–H groups in total. The van der Waals surface area contributed by atoms with Crippen molar-refractivity contribution in [1.29, 1.82) is 0 Å². The van der Waals surface area contributed by atoms with Crippen molar-refractivity contribution in [2.75, 3.05) is 6.54 Å². The van der Waals surface area contributed by atoms with Gasteiger partial charge in [0.1, 0.15) is 5.15 Å². The highest BCUT2D eigenvalue weighted by Crippen LogP contribution is 2.20. The highest BCUT2D eigenvalue weighted by Gasteiger charge is 2.27. The molecule has 1 aliphatic heterocycles. The fraction of sp³-hybridized carbons (Fsp3) is 0.455. The molecule has 0 aliphatic carbocycles. The van der Waals surface area contributed by atoms with Crippen LogP contribution in [0.2, 0.25) is 5.15 Å². The SMILES string of the molecule is CC1CCN(Cc2ccnc(Cl)c2)C1=O. The quantitative estimate of drug-likeness (QED) is 0.721. The third-order valence-corrected chi connectivity index (χ3v) is 2.94. The average molecular weight is 225 g/mol. The number of pyridine rings is 1. The molecule has 1 amide bonds. The third kappa shape index (κ3) is 2.29. The fourth-order valence-electron chi connectivity index (χ4n) is 1.81. The number of hydrogen-bond donors (Lipinski definition) is 0. The van der Waals surface area contributed by atoms with Gasteiger partial charge in [-0.1, -0.05) is 18.5 Å². The van der Waals surface area contributed by atoms with Gasteiger partial charge in [-0.2, -0.15) is 0 Å². The summed E-state index contributed by atoms with van der Waals surface area (Å²) in [4.78, 5) is 17.5. The molecule has 0 aromatic carbocycles. The number of likely N-dealkylation sites (tertiary alicyclic amines) is 1. The average Bonchev–Trinajstić information content (AvgIpc) is 2.50. The summed E-state index contributed by atoms with van der Waals surface area (Å²) in [7, 11) is 0. The molecular weight excluding hydrogens is 212 g/mol. The van der Waals surface area contributed by atoms with E-state index >= 15 is 0 Å². The van der Waals surface area contributed by atoms with Gasteiger partial charge in [-0.05, 0) is 24.1 Å². The lowest BCUT2D eigenvalue weighted by molar-refractivity contribution is -0.131. The minimum Gasteiger partial charge on any atom is -0.338 e. The first-order chi connectivity index (χ1) is 7.16. The lowest BCUT2D eigenvalue weighted by Gasteiger charge is -2.15. The number of halogens is 1. The first kappa shape index (κ1) is 10.4. The molecule has 1 saturated heterocycles. The topological polar surface area (TPSA) is 33.2 Å². The largest absolute Gasteiger partial charge is 0.338 e. The molecule has 80 valence electrons. The summed E-state index contributed by atoms with van der Waals surface area (Å²) >= 11 is 5.78. The maximum absolute atomic E-state index is 11.7.